The number of benzene rings is 1. The van der Waals surface area contributed by atoms with Crippen LogP contribution in [0.15, 0.2) is 24.3 Å². The Morgan fingerprint density at radius 1 is 1.40 bits per heavy atom. The van der Waals surface area contributed by atoms with Crippen LogP contribution in [0, 0.1) is 5.82 Å². The zero-order valence-corrected chi connectivity index (χ0v) is 12.4. The van der Waals surface area contributed by atoms with Crippen LogP contribution < -0.4 is 0 Å². The van der Waals surface area contributed by atoms with Gasteiger partial charge in [-0.15, -0.1) is 0 Å². The van der Waals surface area contributed by atoms with E-state index >= 15 is 0 Å². The van der Waals surface area contributed by atoms with Gasteiger partial charge in [0, 0.05) is 29.2 Å². The predicted octanol–water partition coefficient (Wildman–Crippen LogP) is 3.53. The molecule has 1 heterocycles. The Labute approximate surface area is 123 Å². The molecule has 0 spiro atoms. The molecule has 1 aromatic heterocycles. The second-order valence-electron chi connectivity index (χ2n) is 4.65. The van der Waals surface area contributed by atoms with E-state index < -0.39 is 11.9 Å². The number of aromatic nitrogens is 2. The topological polar surface area (TPSA) is 38.0 Å². The van der Waals surface area contributed by atoms with Crippen molar-refractivity contribution in [2.75, 3.05) is 0 Å². The van der Waals surface area contributed by atoms with Gasteiger partial charge < -0.3 is 5.11 Å². The third kappa shape index (κ3) is 3.02. The van der Waals surface area contributed by atoms with Crippen molar-refractivity contribution in [2.24, 2.45) is 0 Å². The molecule has 2 rings (SSSR count). The van der Waals surface area contributed by atoms with Crippen LogP contribution in [0.3, 0.4) is 0 Å². The Kier molecular flexibility index (Phi) is 4.78. The Bertz CT molecular complexity index is 577. The third-order valence-electron chi connectivity index (χ3n) is 3.31. The number of aryl methyl sites for hydroxylation is 2. The zero-order valence-electron chi connectivity index (χ0n) is 11.6. The maximum Gasteiger partial charge on any atom is 0.130 e. The van der Waals surface area contributed by atoms with Crippen LogP contribution in [0.4, 0.5) is 4.39 Å². The molecule has 0 amide bonds. The van der Waals surface area contributed by atoms with Crippen LogP contribution in [0.1, 0.15) is 36.9 Å². The van der Waals surface area contributed by atoms with Gasteiger partial charge in [0.25, 0.3) is 0 Å². The molecule has 1 aromatic carbocycles. The highest BCUT2D eigenvalue weighted by Crippen LogP contribution is 2.28. The van der Waals surface area contributed by atoms with Gasteiger partial charge in [-0.1, -0.05) is 24.6 Å². The highest BCUT2D eigenvalue weighted by Gasteiger charge is 2.19. The predicted molar refractivity (Wildman–Crippen MR) is 77.4 cm³/mol. The molecule has 2 aromatic rings. The minimum absolute atomic E-state index is 0.149. The van der Waals surface area contributed by atoms with Gasteiger partial charge in [0.2, 0.25) is 0 Å². The van der Waals surface area contributed by atoms with E-state index in [1.165, 1.54) is 12.1 Å². The lowest BCUT2D eigenvalue weighted by molar-refractivity contribution is 0.171. The molecule has 0 fully saturated rings. The van der Waals surface area contributed by atoms with Gasteiger partial charge in [0.05, 0.1) is 11.8 Å². The average Bonchev–Trinajstić information content (AvgIpc) is 2.80. The van der Waals surface area contributed by atoms with E-state index in [-0.39, 0.29) is 10.6 Å². The van der Waals surface area contributed by atoms with E-state index in [9.17, 15) is 9.50 Å². The molecule has 3 nitrogen and oxygen atoms in total. The monoisotopic (exact) mass is 296 g/mol. The third-order valence-corrected chi connectivity index (χ3v) is 3.64. The van der Waals surface area contributed by atoms with Gasteiger partial charge in [-0.3, -0.25) is 4.68 Å². The van der Waals surface area contributed by atoms with E-state index in [2.05, 4.69) is 5.10 Å². The summed E-state index contributed by atoms with van der Waals surface area (Å²) in [5.74, 6) is -0.483. The van der Waals surface area contributed by atoms with Crippen molar-refractivity contribution in [1.29, 1.82) is 0 Å². The number of hydrogen-bond acceptors (Lipinski definition) is 2. The summed E-state index contributed by atoms with van der Waals surface area (Å²) >= 11 is 5.97. The van der Waals surface area contributed by atoms with Crippen molar-refractivity contribution in [1.82, 2.24) is 9.78 Å². The van der Waals surface area contributed by atoms with Gasteiger partial charge >= 0.3 is 0 Å². The molecule has 0 aliphatic carbocycles. The largest absolute Gasteiger partial charge is 0.388 e. The highest BCUT2D eigenvalue weighted by atomic mass is 35.5. The van der Waals surface area contributed by atoms with Crippen molar-refractivity contribution in [3.05, 3.63) is 52.1 Å². The van der Waals surface area contributed by atoms with Crippen LogP contribution in [0.25, 0.3) is 0 Å². The smallest absolute Gasteiger partial charge is 0.130 e. The van der Waals surface area contributed by atoms with E-state index in [1.54, 1.807) is 6.07 Å². The minimum atomic E-state index is -0.976. The standard InChI is InChI=1S/C15H18ClFN2O/c1-3-10-8-11(19(4-2)18-10)9-14(20)15-12(16)6-5-7-13(15)17/h5-8,14,20H,3-4,9H2,1-2H3. The Morgan fingerprint density at radius 3 is 2.75 bits per heavy atom. The summed E-state index contributed by atoms with van der Waals surface area (Å²) in [6.07, 6.45) is 0.147. The summed E-state index contributed by atoms with van der Waals surface area (Å²) in [6.45, 7) is 4.72. The van der Waals surface area contributed by atoms with Gasteiger partial charge in [-0.2, -0.15) is 5.10 Å². The van der Waals surface area contributed by atoms with Crippen LogP contribution in [0.5, 0.6) is 0 Å². The summed E-state index contributed by atoms with van der Waals surface area (Å²) in [5, 5.41) is 14.9. The number of halogens is 2. The van der Waals surface area contributed by atoms with E-state index in [0.29, 0.717) is 13.0 Å². The van der Waals surface area contributed by atoms with Crippen molar-refractivity contribution in [3.63, 3.8) is 0 Å². The summed E-state index contributed by atoms with van der Waals surface area (Å²) in [5.41, 5.74) is 2.00. The van der Waals surface area contributed by atoms with E-state index in [1.807, 2.05) is 24.6 Å². The molecule has 0 saturated heterocycles. The molecule has 0 radical (unpaired) electrons. The lowest BCUT2D eigenvalue weighted by Gasteiger charge is -2.14. The van der Waals surface area contributed by atoms with Gasteiger partial charge in [-0.25, -0.2) is 4.39 Å². The Morgan fingerprint density at radius 2 is 2.15 bits per heavy atom. The summed E-state index contributed by atoms with van der Waals surface area (Å²) in [4.78, 5) is 0. The average molecular weight is 297 g/mol. The van der Waals surface area contributed by atoms with Crippen LogP contribution in [0.2, 0.25) is 5.02 Å². The Balaban J connectivity index is 2.27. The number of rotatable bonds is 5. The fourth-order valence-corrected chi connectivity index (χ4v) is 2.54. The quantitative estimate of drug-likeness (QED) is 0.916. The van der Waals surface area contributed by atoms with Crippen molar-refractivity contribution < 1.29 is 9.50 Å². The molecular weight excluding hydrogens is 279 g/mol. The molecule has 1 unspecified atom stereocenters. The first-order valence-electron chi connectivity index (χ1n) is 6.74. The molecule has 1 N–H and O–H groups in total. The molecule has 5 heteroatoms. The Hall–Kier alpha value is -1.39. The van der Waals surface area contributed by atoms with Gasteiger partial charge in [-0.05, 0) is 31.5 Å². The highest BCUT2D eigenvalue weighted by molar-refractivity contribution is 6.31. The summed E-state index contributed by atoms with van der Waals surface area (Å²) < 4.78 is 15.6. The van der Waals surface area contributed by atoms with Crippen molar-refractivity contribution in [2.45, 2.75) is 39.3 Å². The second kappa shape index (κ2) is 6.37. The molecule has 0 saturated carbocycles. The lowest BCUT2D eigenvalue weighted by atomic mass is 10.0. The molecule has 1 atom stereocenters. The number of hydrogen-bond donors (Lipinski definition) is 1. The molecule has 0 aliphatic rings. The summed E-state index contributed by atoms with van der Waals surface area (Å²) in [6, 6.07) is 6.36. The fourth-order valence-electron chi connectivity index (χ4n) is 2.26. The second-order valence-corrected chi connectivity index (χ2v) is 5.06. The van der Waals surface area contributed by atoms with E-state index in [4.69, 9.17) is 11.6 Å². The van der Waals surface area contributed by atoms with Crippen LogP contribution >= 0.6 is 11.6 Å². The molecule has 0 bridgehead atoms. The SMILES string of the molecule is CCc1cc(CC(O)c2c(F)cccc2Cl)n(CC)n1. The van der Waals surface area contributed by atoms with E-state index in [0.717, 1.165) is 17.8 Å². The van der Waals surface area contributed by atoms with Gasteiger partial charge in [0.15, 0.2) is 0 Å². The maximum atomic E-state index is 13.8. The minimum Gasteiger partial charge on any atom is -0.388 e. The first-order chi connectivity index (χ1) is 9.56. The maximum absolute atomic E-state index is 13.8. The lowest BCUT2D eigenvalue weighted by Crippen LogP contribution is -2.10. The molecule has 0 aliphatic heterocycles. The van der Waals surface area contributed by atoms with Gasteiger partial charge in [0.1, 0.15) is 5.82 Å². The van der Waals surface area contributed by atoms with Crippen LogP contribution in [-0.4, -0.2) is 14.9 Å². The summed E-state index contributed by atoms with van der Waals surface area (Å²) in [7, 11) is 0. The van der Waals surface area contributed by atoms with Crippen molar-refractivity contribution >= 4 is 11.6 Å². The normalized spacial score (nSPS) is 12.7. The first-order valence-corrected chi connectivity index (χ1v) is 7.12. The fraction of sp³-hybridized carbons (Fsp3) is 0.400. The number of aliphatic hydroxyl groups excluding tert-OH is 1. The first kappa shape index (κ1) is 15.0. The molecule has 108 valence electrons. The van der Waals surface area contributed by atoms with Crippen molar-refractivity contribution in [3.8, 4) is 0 Å². The zero-order chi connectivity index (χ0) is 14.7. The number of aliphatic hydroxyl groups is 1. The molecular formula is C15H18ClFN2O. The number of nitrogens with zero attached hydrogens (tertiary/aromatic N) is 2. The van der Waals surface area contributed by atoms with Crippen LogP contribution in [-0.2, 0) is 19.4 Å². The molecule has 20 heavy (non-hydrogen) atoms.